The zero-order valence-electron chi connectivity index (χ0n) is 11.3. The first-order chi connectivity index (χ1) is 10.2. The van der Waals surface area contributed by atoms with Crippen LogP contribution in [0.3, 0.4) is 0 Å². The molecule has 0 atom stereocenters. The number of fused-ring (bicyclic) bond motifs is 1. The SMILES string of the molecule is N#Cc1cc2c(nc1NCc1cc(F)ccc1F)CCC2. The van der Waals surface area contributed by atoms with Crippen molar-refractivity contribution in [2.75, 3.05) is 5.32 Å². The molecule has 0 amide bonds. The molecule has 0 aliphatic heterocycles. The zero-order valence-corrected chi connectivity index (χ0v) is 11.3. The van der Waals surface area contributed by atoms with E-state index in [1.54, 1.807) is 0 Å². The molecular weight excluding hydrogens is 272 g/mol. The normalized spacial score (nSPS) is 12.8. The number of hydrogen-bond donors (Lipinski definition) is 1. The zero-order chi connectivity index (χ0) is 14.8. The molecule has 3 nitrogen and oxygen atoms in total. The number of nitrogens with zero attached hydrogens (tertiary/aromatic N) is 2. The summed E-state index contributed by atoms with van der Waals surface area (Å²) in [7, 11) is 0. The van der Waals surface area contributed by atoms with Crippen molar-refractivity contribution in [2.24, 2.45) is 0 Å². The smallest absolute Gasteiger partial charge is 0.144 e. The average molecular weight is 285 g/mol. The summed E-state index contributed by atoms with van der Waals surface area (Å²) in [5.41, 5.74) is 2.74. The lowest BCUT2D eigenvalue weighted by molar-refractivity contribution is 0.587. The lowest BCUT2D eigenvalue weighted by Crippen LogP contribution is -2.07. The number of aromatic nitrogens is 1. The predicted molar refractivity (Wildman–Crippen MR) is 74.7 cm³/mol. The molecule has 2 aromatic rings. The third-order valence-corrected chi connectivity index (χ3v) is 3.63. The molecule has 0 saturated heterocycles. The maximum atomic E-state index is 13.6. The van der Waals surface area contributed by atoms with Gasteiger partial charge in [0.25, 0.3) is 0 Å². The van der Waals surface area contributed by atoms with E-state index in [9.17, 15) is 14.0 Å². The standard InChI is InChI=1S/C16H13F2N3/c17-13-4-5-14(18)12(7-13)9-20-16-11(8-19)6-10-2-1-3-15(10)21-16/h4-7H,1-3,9H2,(H,20,21). The second kappa shape index (κ2) is 5.49. The topological polar surface area (TPSA) is 48.7 Å². The lowest BCUT2D eigenvalue weighted by atomic mass is 10.1. The van der Waals surface area contributed by atoms with Gasteiger partial charge in [0, 0.05) is 17.8 Å². The van der Waals surface area contributed by atoms with Gasteiger partial charge in [0.1, 0.15) is 23.5 Å². The van der Waals surface area contributed by atoms with Gasteiger partial charge in [-0.15, -0.1) is 0 Å². The Morgan fingerprint density at radius 2 is 2.10 bits per heavy atom. The van der Waals surface area contributed by atoms with Gasteiger partial charge in [-0.2, -0.15) is 5.26 Å². The van der Waals surface area contributed by atoms with Crippen LogP contribution < -0.4 is 5.32 Å². The first-order valence-electron chi connectivity index (χ1n) is 6.78. The first-order valence-corrected chi connectivity index (χ1v) is 6.78. The number of hydrogen-bond acceptors (Lipinski definition) is 3. The molecule has 1 aliphatic carbocycles. The minimum atomic E-state index is -0.490. The van der Waals surface area contributed by atoms with E-state index in [1.807, 2.05) is 6.07 Å². The van der Waals surface area contributed by atoms with Gasteiger partial charge >= 0.3 is 0 Å². The van der Waals surface area contributed by atoms with Crippen LogP contribution in [0.5, 0.6) is 0 Å². The van der Waals surface area contributed by atoms with Gasteiger partial charge in [-0.3, -0.25) is 0 Å². The van der Waals surface area contributed by atoms with E-state index in [2.05, 4.69) is 16.4 Å². The Morgan fingerprint density at radius 3 is 2.90 bits per heavy atom. The highest BCUT2D eigenvalue weighted by Gasteiger charge is 2.16. The quantitative estimate of drug-likeness (QED) is 0.941. The molecule has 0 unspecified atom stereocenters. The Kier molecular flexibility index (Phi) is 3.53. The molecule has 3 rings (SSSR count). The second-order valence-electron chi connectivity index (χ2n) is 5.04. The molecule has 106 valence electrons. The number of pyridine rings is 1. The second-order valence-corrected chi connectivity index (χ2v) is 5.04. The number of benzene rings is 1. The van der Waals surface area contributed by atoms with Crippen LogP contribution in [-0.2, 0) is 19.4 Å². The van der Waals surface area contributed by atoms with Crippen molar-refractivity contribution >= 4 is 5.82 Å². The Morgan fingerprint density at radius 1 is 1.24 bits per heavy atom. The van der Waals surface area contributed by atoms with Gasteiger partial charge in [0.15, 0.2) is 0 Å². The van der Waals surface area contributed by atoms with Crippen LogP contribution in [0.4, 0.5) is 14.6 Å². The first kappa shape index (κ1) is 13.5. The Balaban J connectivity index is 1.85. The summed E-state index contributed by atoms with van der Waals surface area (Å²) in [5, 5.41) is 12.1. The number of aryl methyl sites for hydroxylation is 2. The molecule has 21 heavy (non-hydrogen) atoms. The molecule has 0 bridgehead atoms. The number of halogens is 2. The van der Waals surface area contributed by atoms with Crippen molar-refractivity contribution in [3.8, 4) is 6.07 Å². The molecule has 1 aromatic heterocycles. The van der Waals surface area contributed by atoms with Gasteiger partial charge in [-0.1, -0.05) is 0 Å². The fraction of sp³-hybridized carbons (Fsp3) is 0.250. The molecule has 0 spiro atoms. The minimum Gasteiger partial charge on any atom is -0.365 e. The van der Waals surface area contributed by atoms with Gasteiger partial charge in [0.05, 0.1) is 5.56 Å². The molecule has 0 saturated carbocycles. The fourth-order valence-corrected chi connectivity index (χ4v) is 2.55. The maximum Gasteiger partial charge on any atom is 0.144 e. The van der Waals surface area contributed by atoms with Crippen LogP contribution in [0.25, 0.3) is 0 Å². The van der Waals surface area contributed by atoms with Crippen molar-refractivity contribution in [2.45, 2.75) is 25.8 Å². The van der Waals surface area contributed by atoms with Crippen molar-refractivity contribution in [3.05, 3.63) is 58.3 Å². The van der Waals surface area contributed by atoms with Gasteiger partial charge in [-0.05, 0) is 49.1 Å². The van der Waals surface area contributed by atoms with E-state index in [0.717, 1.165) is 48.7 Å². The lowest BCUT2D eigenvalue weighted by Gasteiger charge is -2.10. The van der Waals surface area contributed by atoms with Crippen LogP contribution in [0.1, 0.15) is 28.8 Å². The summed E-state index contributed by atoms with van der Waals surface area (Å²) in [4.78, 5) is 4.44. The van der Waals surface area contributed by atoms with Crippen molar-refractivity contribution < 1.29 is 8.78 Å². The van der Waals surface area contributed by atoms with Crippen LogP contribution in [-0.4, -0.2) is 4.98 Å². The Hall–Kier alpha value is -2.48. The van der Waals surface area contributed by atoms with Crippen molar-refractivity contribution in [1.29, 1.82) is 5.26 Å². The minimum absolute atomic E-state index is 0.0874. The average Bonchev–Trinajstić information content (AvgIpc) is 2.94. The van der Waals surface area contributed by atoms with Crippen LogP contribution in [0.2, 0.25) is 0 Å². The molecule has 0 radical (unpaired) electrons. The summed E-state index contributed by atoms with van der Waals surface area (Å²) in [5.74, 6) is -0.541. The summed E-state index contributed by atoms with van der Waals surface area (Å²) in [6.45, 7) is 0.0874. The monoisotopic (exact) mass is 285 g/mol. The van der Waals surface area contributed by atoms with E-state index in [-0.39, 0.29) is 12.1 Å². The summed E-state index contributed by atoms with van der Waals surface area (Å²) >= 11 is 0. The van der Waals surface area contributed by atoms with E-state index in [0.29, 0.717) is 11.4 Å². The summed E-state index contributed by atoms with van der Waals surface area (Å²) < 4.78 is 26.7. The van der Waals surface area contributed by atoms with Crippen LogP contribution >= 0.6 is 0 Å². The number of rotatable bonds is 3. The molecule has 0 fully saturated rings. The highest BCUT2D eigenvalue weighted by Crippen LogP contribution is 2.25. The molecule has 1 aliphatic rings. The van der Waals surface area contributed by atoms with E-state index >= 15 is 0 Å². The molecule has 1 N–H and O–H groups in total. The highest BCUT2D eigenvalue weighted by atomic mass is 19.1. The van der Waals surface area contributed by atoms with E-state index in [4.69, 9.17) is 0 Å². The van der Waals surface area contributed by atoms with Crippen LogP contribution in [0, 0.1) is 23.0 Å². The predicted octanol–water partition coefficient (Wildman–Crippen LogP) is 3.33. The highest BCUT2D eigenvalue weighted by molar-refractivity contribution is 5.55. The Bertz CT molecular complexity index is 735. The van der Waals surface area contributed by atoms with Crippen LogP contribution in [0.15, 0.2) is 24.3 Å². The summed E-state index contributed by atoms with van der Waals surface area (Å²) in [6, 6.07) is 7.24. The number of anilines is 1. The van der Waals surface area contributed by atoms with Crippen molar-refractivity contribution in [1.82, 2.24) is 4.98 Å². The third-order valence-electron chi connectivity index (χ3n) is 3.63. The Labute approximate surface area is 121 Å². The van der Waals surface area contributed by atoms with Gasteiger partial charge in [-0.25, -0.2) is 13.8 Å². The van der Waals surface area contributed by atoms with Gasteiger partial charge in [0.2, 0.25) is 0 Å². The third kappa shape index (κ3) is 2.70. The molecular formula is C16H13F2N3. The fourth-order valence-electron chi connectivity index (χ4n) is 2.55. The summed E-state index contributed by atoms with van der Waals surface area (Å²) in [6.07, 6.45) is 2.87. The largest absolute Gasteiger partial charge is 0.365 e. The van der Waals surface area contributed by atoms with E-state index < -0.39 is 11.6 Å². The molecule has 5 heteroatoms. The molecule has 1 heterocycles. The van der Waals surface area contributed by atoms with Crippen molar-refractivity contribution in [3.63, 3.8) is 0 Å². The van der Waals surface area contributed by atoms with Gasteiger partial charge < -0.3 is 5.32 Å². The van der Waals surface area contributed by atoms with E-state index in [1.165, 1.54) is 0 Å². The molecule has 1 aromatic carbocycles. The maximum absolute atomic E-state index is 13.6. The number of nitrogens with one attached hydrogen (secondary N) is 1. The number of nitriles is 1.